The van der Waals surface area contributed by atoms with Crippen molar-refractivity contribution in [2.24, 2.45) is 11.8 Å². The summed E-state index contributed by atoms with van der Waals surface area (Å²) in [6, 6.07) is 6.96. The van der Waals surface area contributed by atoms with Crippen LogP contribution in [0.4, 0.5) is 5.69 Å². The second kappa shape index (κ2) is 7.01. The first-order valence-electron chi connectivity index (χ1n) is 7.99. The van der Waals surface area contributed by atoms with Crippen molar-refractivity contribution in [3.05, 3.63) is 23.8 Å². The fourth-order valence-corrected chi connectivity index (χ4v) is 3.46. The maximum Gasteiger partial charge on any atom is 0.141 e. The van der Waals surface area contributed by atoms with E-state index in [1.165, 1.54) is 37.7 Å². The van der Waals surface area contributed by atoms with Gasteiger partial charge in [0.25, 0.3) is 0 Å². The number of hydrogen-bond donors (Lipinski definition) is 1. The lowest BCUT2D eigenvalue weighted by atomic mass is 9.81. The highest BCUT2D eigenvalue weighted by molar-refractivity contribution is 5.58. The van der Waals surface area contributed by atoms with Crippen molar-refractivity contribution in [1.29, 1.82) is 0 Å². The topological polar surface area (TPSA) is 21.3 Å². The van der Waals surface area contributed by atoms with Crippen molar-refractivity contribution in [3.8, 4) is 5.75 Å². The van der Waals surface area contributed by atoms with Gasteiger partial charge in [-0.2, -0.15) is 0 Å². The first-order valence-corrected chi connectivity index (χ1v) is 7.99. The van der Waals surface area contributed by atoms with E-state index in [1.54, 1.807) is 7.11 Å². The molecule has 0 heterocycles. The largest absolute Gasteiger partial charge is 0.495 e. The minimum Gasteiger partial charge on any atom is -0.495 e. The van der Waals surface area contributed by atoms with Crippen LogP contribution in [0.5, 0.6) is 5.75 Å². The van der Waals surface area contributed by atoms with Gasteiger partial charge in [0.1, 0.15) is 5.75 Å². The van der Waals surface area contributed by atoms with Gasteiger partial charge in [-0.3, -0.25) is 0 Å². The lowest BCUT2D eigenvalue weighted by Gasteiger charge is -2.31. The Morgan fingerprint density at radius 1 is 1.30 bits per heavy atom. The molecule has 2 nitrogen and oxygen atoms in total. The third kappa shape index (κ3) is 4.16. The van der Waals surface area contributed by atoms with E-state index in [0.717, 1.165) is 23.3 Å². The molecule has 1 aliphatic rings. The number of aryl methyl sites for hydroxylation is 1. The summed E-state index contributed by atoms with van der Waals surface area (Å²) < 4.78 is 5.47. The van der Waals surface area contributed by atoms with E-state index >= 15 is 0 Å². The molecule has 0 radical (unpaired) electrons. The van der Waals surface area contributed by atoms with Crippen molar-refractivity contribution in [2.45, 2.75) is 58.9 Å². The summed E-state index contributed by atoms with van der Waals surface area (Å²) in [6.45, 7) is 6.80. The van der Waals surface area contributed by atoms with Crippen molar-refractivity contribution in [2.75, 3.05) is 12.4 Å². The van der Waals surface area contributed by atoms with Gasteiger partial charge >= 0.3 is 0 Å². The summed E-state index contributed by atoms with van der Waals surface area (Å²) in [4.78, 5) is 0. The molecule has 20 heavy (non-hydrogen) atoms. The van der Waals surface area contributed by atoms with Crippen LogP contribution < -0.4 is 10.1 Å². The molecule has 2 unspecified atom stereocenters. The van der Waals surface area contributed by atoms with Crippen LogP contribution in [0, 0.1) is 18.8 Å². The van der Waals surface area contributed by atoms with Gasteiger partial charge in [0.15, 0.2) is 0 Å². The quantitative estimate of drug-likeness (QED) is 0.814. The summed E-state index contributed by atoms with van der Waals surface area (Å²) in [5.74, 6) is 2.66. The molecule has 1 aromatic rings. The lowest BCUT2D eigenvalue weighted by Crippen LogP contribution is -2.28. The SMILES string of the molecule is COc1ccc(C)cc1NC1CCCC(CC(C)C)C1. The van der Waals surface area contributed by atoms with Crippen molar-refractivity contribution < 1.29 is 4.74 Å². The van der Waals surface area contributed by atoms with Crippen LogP contribution in [-0.4, -0.2) is 13.2 Å². The van der Waals surface area contributed by atoms with Crippen molar-refractivity contribution in [3.63, 3.8) is 0 Å². The van der Waals surface area contributed by atoms with Gasteiger partial charge in [0, 0.05) is 6.04 Å². The van der Waals surface area contributed by atoms with Crippen LogP contribution in [0.25, 0.3) is 0 Å². The lowest BCUT2D eigenvalue weighted by molar-refractivity contribution is 0.288. The first kappa shape index (κ1) is 15.2. The Morgan fingerprint density at radius 3 is 2.80 bits per heavy atom. The highest BCUT2D eigenvalue weighted by Gasteiger charge is 2.23. The van der Waals surface area contributed by atoms with Crippen LogP contribution in [0.15, 0.2) is 18.2 Å². The minimum absolute atomic E-state index is 0.600. The van der Waals surface area contributed by atoms with Crippen LogP contribution in [0.3, 0.4) is 0 Å². The summed E-state index contributed by atoms with van der Waals surface area (Å²) in [5, 5.41) is 3.72. The number of anilines is 1. The average Bonchev–Trinajstić information content (AvgIpc) is 2.38. The summed E-state index contributed by atoms with van der Waals surface area (Å²) in [5.41, 5.74) is 2.44. The number of hydrogen-bond acceptors (Lipinski definition) is 2. The van der Waals surface area contributed by atoms with Crippen LogP contribution in [-0.2, 0) is 0 Å². The van der Waals surface area contributed by atoms with E-state index in [4.69, 9.17) is 4.74 Å². The molecule has 0 bridgehead atoms. The highest BCUT2D eigenvalue weighted by atomic mass is 16.5. The second-order valence-electron chi connectivity index (χ2n) is 6.71. The summed E-state index contributed by atoms with van der Waals surface area (Å²) >= 11 is 0. The molecule has 0 saturated heterocycles. The zero-order valence-corrected chi connectivity index (χ0v) is 13.4. The van der Waals surface area contributed by atoms with E-state index in [0.29, 0.717) is 6.04 Å². The third-order valence-corrected chi connectivity index (χ3v) is 4.30. The van der Waals surface area contributed by atoms with E-state index in [1.807, 2.05) is 0 Å². The number of benzene rings is 1. The monoisotopic (exact) mass is 275 g/mol. The normalized spacial score (nSPS) is 22.9. The molecule has 2 atom stereocenters. The number of nitrogens with one attached hydrogen (secondary N) is 1. The van der Waals surface area contributed by atoms with Gasteiger partial charge < -0.3 is 10.1 Å². The molecule has 0 amide bonds. The molecular weight excluding hydrogens is 246 g/mol. The predicted molar refractivity (Wildman–Crippen MR) is 86.6 cm³/mol. The van der Waals surface area contributed by atoms with Crippen LogP contribution in [0.1, 0.15) is 51.5 Å². The molecule has 1 N–H and O–H groups in total. The van der Waals surface area contributed by atoms with Crippen LogP contribution in [0.2, 0.25) is 0 Å². The highest BCUT2D eigenvalue weighted by Crippen LogP contribution is 2.33. The van der Waals surface area contributed by atoms with Gasteiger partial charge in [0.05, 0.1) is 12.8 Å². The zero-order chi connectivity index (χ0) is 14.5. The maximum absolute atomic E-state index is 5.47. The van der Waals surface area contributed by atoms with Crippen molar-refractivity contribution in [1.82, 2.24) is 0 Å². The number of rotatable bonds is 5. The fraction of sp³-hybridized carbons (Fsp3) is 0.667. The molecule has 112 valence electrons. The molecular formula is C18H29NO. The standard InChI is InChI=1S/C18H29NO/c1-13(2)10-15-6-5-7-16(12-15)19-17-11-14(3)8-9-18(17)20-4/h8-9,11,13,15-16,19H,5-7,10,12H2,1-4H3. The molecule has 0 spiro atoms. The minimum atomic E-state index is 0.600. The molecule has 1 aliphatic carbocycles. The molecule has 1 saturated carbocycles. The number of methoxy groups -OCH3 is 1. The molecule has 1 fully saturated rings. The van der Waals surface area contributed by atoms with E-state index < -0.39 is 0 Å². The maximum atomic E-state index is 5.47. The first-order chi connectivity index (χ1) is 9.58. The summed E-state index contributed by atoms with van der Waals surface area (Å²) in [6.07, 6.45) is 6.70. The van der Waals surface area contributed by atoms with E-state index in [-0.39, 0.29) is 0 Å². The predicted octanol–water partition coefficient (Wildman–Crippen LogP) is 5.02. The molecule has 2 heteroatoms. The van der Waals surface area contributed by atoms with Gasteiger partial charge in [-0.15, -0.1) is 0 Å². The number of ether oxygens (including phenoxy) is 1. The molecule has 0 aromatic heterocycles. The second-order valence-corrected chi connectivity index (χ2v) is 6.71. The molecule has 2 rings (SSSR count). The zero-order valence-electron chi connectivity index (χ0n) is 13.4. The van der Waals surface area contributed by atoms with E-state index in [9.17, 15) is 0 Å². The Labute approximate surface area is 123 Å². The fourth-order valence-electron chi connectivity index (χ4n) is 3.46. The van der Waals surface area contributed by atoms with Crippen molar-refractivity contribution >= 4 is 5.69 Å². The third-order valence-electron chi connectivity index (χ3n) is 4.30. The Morgan fingerprint density at radius 2 is 2.10 bits per heavy atom. The van der Waals surface area contributed by atoms with Crippen LogP contribution >= 0.6 is 0 Å². The average molecular weight is 275 g/mol. The Hall–Kier alpha value is -1.18. The summed E-state index contributed by atoms with van der Waals surface area (Å²) in [7, 11) is 1.75. The van der Waals surface area contributed by atoms with Gasteiger partial charge in [0.2, 0.25) is 0 Å². The van der Waals surface area contributed by atoms with Gasteiger partial charge in [-0.25, -0.2) is 0 Å². The van der Waals surface area contributed by atoms with Gasteiger partial charge in [-0.1, -0.05) is 32.8 Å². The Kier molecular flexibility index (Phi) is 5.33. The molecule has 1 aromatic carbocycles. The molecule has 0 aliphatic heterocycles. The van der Waals surface area contributed by atoms with E-state index in [2.05, 4.69) is 44.3 Å². The smallest absolute Gasteiger partial charge is 0.141 e. The van der Waals surface area contributed by atoms with Gasteiger partial charge in [-0.05, 0) is 55.7 Å². The Bertz CT molecular complexity index is 427. The Balaban J connectivity index is 2.00.